The van der Waals surface area contributed by atoms with Crippen LogP contribution in [0.5, 0.6) is 0 Å². The van der Waals surface area contributed by atoms with Gasteiger partial charge in [0.2, 0.25) is 0 Å². The number of carbonyl (C=O) groups is 1. The van der Waals surface area contributed by atoms with Gasteiger partial charge in [-0.2, -0.15) is 0 Å². The predicted molar refractivity (Wildman–Crippen MR) is 103 cm³/mol. The second kappa shape index (κ2) is 9.84. The molecule has 8 heteroatoms. The van der Waals surface area contributed by atoms with Gasteiger partial charge in [0.05, 0.1) is 31.1 Å². The first-order chi connectivity index (χ1) is 13.3. The maximum Gasteiger partial charge on any atom is 0.340 e. The number of para-hydroxylation sites is 1. The molecule has 0 saturated carbocycles. The molecular formula is C19H25N5O3. The maximum atomic E-state index is 12.1. The van der Waals surface area contributed by atoms with E-state index < -0.39 is 0 Å². The first-order valence-electron chi connectivity index (χ1n) is 9.15. The van der Waals surface area contributed by atoms with Crippen molar-refractivity contribution in [2.75, 3.05) is 56.6 Å². The Hall–Kier alpha value is -2.71. The molecule has 3 rings (SSSR count). The molecule has 0 aliphatic carbocycles. The number of nitrogens with zero attached hydrogens (tertiary/aromatic N) is 3. The van der Waals surface area contributed by atoms with Gasteiger partial charge in [-0.05, 0) is 19.1 Å². The molecular weight excluding hydrogens is 346 g/mol. The molecule has 2 N–H and O–H groups in total. The molecule has 1 saturated heterocycles. The van der Waals surface area contributed by atoms with Crippen LogP contribution in [-0.2, 0) is 9.47 Å². The number of esters is 1. The van der Waals surface area contributed by atoms with Crippen molar-refractivity contribution in [1.29, 1.82) is 0 Å². The van der Waals surface area contributed by atoms with Crippen molar-refractivity contribution in [2.45, 2.75) is 6.92 Å². The van der Waals surface area contributed by atoms with Crippen LogP contribution < -0.4 is 10.6 Å². The van der Waals surface area contributed by atoms with E-state index in [0.717, 1.165) is 45.2 Å². The predicted octanol–water partition coefficient (Wildman–Crippen LogP) is 2.14. The summed E-state index contributed by atoms with van der Waals surface area (Å²) in [6, 6.07) is 9.02. The summed E-state index contributed by atoms with van der Waals surface area (Å²) in [7, 11) is 0. The second-order valence-electron chi connectivity index (χ2n) is 6.06. The molecule has 0 unspecified atom stereocenters. The highest BCUT2D eigenvalue weighted by Crippen LogP contribution is 2.21. The van der Waals surface area contributed by atoms with Gasteiger partial charge in [0.15, 0.2) is 0 Å². The number of nitrogens with one attached hydrogen (secondary N) is 2. The van der Waals surface area contributed by atoms with Crippen molar-refractivity contribution in [3.05, 3.63) is 42.2 Å². The molecule has 0 atom stereocenters. The second-order valence-corrected chi connectivity index (χ2v) is 6.06. The highest BCUT2D eigenvalue weighted by atomic mass is 16.5. The zero-order valence-corrected chi connectivity index (χ0v) is 15.5. The summed E-state index contributed by atoms with van der Waals surface area (Å²) in [4.78, 5) is 22.9. The Balaban J connectivity index is 1.60. The molecule has 0 radical (unpaired) electrons. The van der Waals surface area contributed by atoms with Gasteiger partial charge in [0.25, 0.3) is 0 Å². The Morgan fingerprint density at radius 1 is 1.22 bits per heavy atom. The Kier molecular flexibility index (Phi) is 6.95. The van der Waals surface area contributed by atoms with Crippen molar-refractivity contribution in [2.24, 2.45) is 0 Å². The smallest absolute Gasteiger partial charge is 0.340 e. The van der Waals surface area contributed by atoms with E-state index in [4.69, 9.17) is 9.47 Å². The largest absolute Gasteiger partial charge is 0.462 e. The van der Waals surface area contributed by atoms with Crippen LogP contribution in [0.25, 0.3) is 0 Å². The molecule has 1 aliphatic heterocycles. The molecule has 1 aliphatic rings. The number of ether oxygens (including phenoxy) is 2. The Morgan fingerprint density at radius 2 is 2.00 bits per heavy atom. The van der Waals surface area contributed by atoms with Gasteiger partial charge in [-0.15, -0.1) is 0 Å². The van der Waals surface area contributed by atoms with Crippen LogP contribution in [0.4, 0.5) is 17.3 Å². The zero-order chi connectivity index (χ0) is 18.9. The number of carbonyl (C=O) groups excluding carboxylic acids is 1. The van der Waals surface area contributed by atoms with Crippen LogP contribution in [-0.4, -0.2) is 66.8 Å². The number of hydrogen-bond acceptors (Lipinski definition) is 8. The Morgan fingerprint density at radius 3 is 2.81 bits per heavy atom. The van der Waals surface area contributed by atoms with E-state index in [1.807, 2.05) is 18.2 Å². The molecule has 2 aromatic rings. The van der Waals surface area contributed by atoms with Crippen LogP contribution in [0, 0.1) is 0 Å². The number of morpholine rings is 1. The van der Waals surface area contributed by atoms with Crippen molar-refractivity contribution >= 4 is 23.3 Å². The molecule has 1 aromatic carbocycles. The minimum atomic E-state index is -0.362. The van der Waals surface area contributed by atoms with Crippen molar-refractivity contribution in [3.63, 3.8) is 0 Å². The van der Waals surface area contributed by atoms with Crippen LogP contribution in [0.15, 0.2) is 36.7 Å². The fourth-order valence-electron chi connectivity index (χ4n) is 2.81. The number of rotatable bonds is 8. The molecule has 0 bridgehead atoms. The topological polar surface area (TPSA) is 88.6 Å². The average molecular weight is 371 g/mol. The standard InChI is InChI=1S/C19H25N5O3/c1-2-27-19(25)15-5-3-4-6-16(15)23-18-13-17(21-14-22-18)20-7-8-24-9-11-26-12-10-24/h3-6,13-14H,2,7-12H2,1H3,(H2,20,21,22,23). The zero-order valence-electron chi connectivity index (χ0n) is 15.5. The van der Waals surface area contributed by atoms with E-state index in [9.17, 15) is 4.79 Å². The summed E-state index contributed by atoms with van der Waals surface area (Å²) in [5, 5.41) is 6.48. The SMILES string of the molecule is CCOC(=O)c1ccccc1Nc1cc(NCCN2CCOCC2)ncn1. The lowest BCUT2D eigenvalue weighted by Gasteiger charge is -2.26. The van der Waals surface area contributed by atoms with E-state index >= 15 is 0 Å². The highest BCUT2D eigenvalue weighted by molar-refractivity contribution is 5.96. The van der Waals surface area contributed by atoms with Crippen molar-refractivity contribution in [1.82, 2.24) is 14.9 Å². The monoisotopic (exact) mass is 371 g/mol. The molecule has 144 valence electrons. The van der Waals surface area contributed by atoms with E-state index in [1.54, 1.807) is 19.1 Å². The van der Waals surface area contributed by atoms with Gasteiger partial charge in [0, 0.05) is 32.2 Å². The molecule has 27 heavy (non-hydrogen) atoms. The third kappa shape index (κ3) is 5.63. The number of hydrogen-bond donors (Lipinski definition) is 2. The van der Waals surface area contributed by atoms with E-state index in [1.165, 1.54) is 6.33 Å². The quantitative estimate of drug-likeness (QED) is 0.683. The van der Waals surface area contributed by atoms with E-state index in [-0.39, 0.29) is 5.97 Å². The lowest BCUT2D eigenvalue weighted by molar-refractivity contribution is 0.0398. The van der Waals surface area contributed by atoms with Crippen LogP contribution in [0.1, 0.15) is 17.3 Å². The summed E-state index contributed by atoms with van der Waals surface area (Å²) in [5.74, 6) is 0.975. The minimum absolute atomic E-state index is 0.331. The van der Waals surface area contributed by atoms with Crippen molar-refractivity contribution in [3.8, 4) is 0 Å². The Bertz CT molecular complexity index is 750. The van der Waals surface area contributed by atoms with Gasteiger partial charge < -0.3 is 20.1 Å². The summed E-state index contributed by atoms with van der Waals surface area (Å²) in [6.07, 6.45) is 1.49. The van der Waals surface area contributed by atoms with E-state index in [2.05, 4.69) is 25.5 Å². The molecule has 0 amide bonds. The first kappa shape index (κ1) is 19.1. The van der Waals surface area contributed by atoms with E-state index in [0.29, 0.717) is 23.7 Å². The minimum Gasteiger partial charge on any atom is -0.462 e. The number of aromatic nitrogens is 2. The van der Waals surface area contributed by atoms with Crippen LogP contribution in [0.3, 0.4) is 0 Å². The van der Waals surface area contributed by atoms with Gasteiger partial charge in [-0.25, -0.2) is 14.8 Å². The third-order valence-electron chi connectivity index (χ3n) is 4.19. The molecule has 0 spiro atoms. The normalized spacial score (nSPS) is 14.6. The van der Waals surface area contributed by atoms with Gasteiger partial charge in [-0.1, -0.05) is 12.1 Å². The van der Waals surface area contributed by atoms with Crippen molar-refractivity contribution < 1.29 is 14.3 Å². The van der Waals surface area contributed by atoms with Gasteiger partial charge in [0.1, 0.15) is 18.0 Å². The van der Waals surface area contributed by atoms with Crippen LogP contribution >= 0.6 is 0 Å². The summed E-state index contributed by atoms with van der Waals surface area (Å²) in [6.45, 7) is 7.34. The van der Waals surface area contributed by atoms with Gasteiger partial charge >= 0.3 is 5.97 Å². The van der Waals surface area contributed by atoms with Gasteiger partial charge in [-0.3, -0.25) is 4.90 Å². The summed E-state index contributed by atoms with van der Waals surface area (Å²) in [5.41, 5.74) is 1.12. The molecule has 2 heterocycles. The third-order valence-corrected chi connectivity index (χ3v) is 4.19. The Labute approximate surface area is 158 Å². The molecule has 8 nitrogen and oxygen atoms in total. The van der Waals surface area contributed by atoms with Crippen LogP contribution in [0.2, 0.25) is 0 Å². The first-order valence-corrected chi connectivity index (χ1v) is 9.15. The highest BCUT2D eigenvalue weighted by Gasteiger charge is 2.13. The number of anilines is 3. The number of benzene rings is 1. The lowest BCUT2D eigenvalue weighted by atomic mass is 10.2. The fourth-order valence-corrected chi connectivity index (χ4v) is 2.81. The summed E-state index contributed by atoms with van der Waals surface area (Å²) >= 11 is 0. The molecule has 1 aromatic heterocycles. The summed E-state index contributed by atoms with van der Waals surface area (Å²) < 4.78 is 10.5. The molecule has 1 fully saturated rings. The maximum absolute atomic E-state index is 12.1. The lowest BCUT2D eigenvalue weighted by Crippen LogP contribution is -2.39. The fraction of sp³-hybridized carbons (Fsp3) is 0.421. The average Bonchev–Trinajstić information content (AvgIpc) is 2.70.